The molecule has 0 amide bonds. The van der Waals surface area contributed by atoms with Crippen LogP contribution in [-0.4, -0.2) is 30.2 Å². The zero-order chi connectivity index (χ0) is 7.11. The van der Waals surface area contributed by atoms with Crippen LogP contribution < -0.4 is 5.32 Å². The first kappa shape index (κ1) is 9.21. The van der Waals surface area contributed by atoms with Gasteiger partial charge in [-0.1, -0.05) is 6.92 Å². The molecule has 0 aliphatic heterocycles. The lowest BCUT2D eigenvalue weighted by molar-refractivity contribution is 0.241. The lowest BCUT2D eigenvalue weighted by Crippen LogP contribution is -2.32. The fourth-order valence-electron chi connectivity index (χ4n) is 0.597. The highest BCUT2D eigenvalue weighted by atomic mass is 35.5. The quantitative estimate of drug-likeness (QED) is 0.564. The van der Waals surface area contributed by atoms with E-state index in [0.717, 1.165) is 13.0 Å². The first-order chi connectivity index (χ1) is 4.35. The van der Waals surface area contributed by atoms with Crippen molar-refractivity contribution < 1.29 is 5.11 Å². The van der Waals surface area contributed by atoms with Crippen molar-refractivity contribution in [3.8, 4) is 0 Å². The van der Waals surface area contributed by atoms with Crippen LogP contribution in [0.15, 0.2) is 0 Å². The summed E-state index contributed by atoms with van der Waals surface area (Å²) in [5.41, 5.74) is 0. The van der Waals surface area contributed by atoms with Gasteiger partial charge in [-0.15, -0.1) is 11.6 Å². The summed E-state index contributed by atoms with van der Waals surface area (Å²) in [7, 11) is 0. The fourth-order valence-corrected chi connectivity index (χ4v) is 0.706. The Labute approximate surface area is 61.2 Å². The first-order valence-electron chi connectivity index (χ1n) is 3.25. The molecule has 0 aliphatic rings. The van der Waals surface area contributed by atoms with Crippen LogP contribution in [-0.2, 0) is 0 Å². The minimum Gasteiger partial charge on any atom is -0.395 e. The molecule has 0 bridgehead atoms. The van der Waals surface area contributed by atoms with Gasteiger partial charge >= 0.3 is 0 Å². The summed E-state index contributed by atoms with van der Waals surface area (Å²) < 4.78 is 0. The highest BCUT2D eigenvalue weighted by Crippen LogP contribution is 1.87. The summed E-state index contributed by atoms with van der Waals surface area (Å²) in [6, 6.07) is 0.226. The van der Waals surface area contributed by atoms with Gasteiger partial charge in [0, 0.05) is 18.5 Å². The van der Waals surface area contributed by atoms with Crippen LogP contribution in [0.1, 0.15) is 13.3 Å². The summed E-state index contributed by atoms with van der Waals surface area (Å²) in [5, 5.41) is 11.7. The van der Waals surface area contributed by atoms with Crippen molar-refractivity contribution in [2.45, 2.75) is 19.4 Å². The van der Waals surface area contributed by atoms with Crippen molar-refractivity contribution in [2.75, 3.05) is 19.0 Å². The van der Waals surface area contributed by atoms with Gasteiger partial charge in [0.25, 0.3) is 0 Å². The van der Waals surface area contributed by atoms with Crippen LogP contribution in [0, 0.1) is 0 Å². The van der Waals surface area contributed by atoms with E-state index in [-0.39, 0.29) is 12.6 Å². The van der Waals surface area contributed by atoms with E-state index in [1.165, 1.54) is 0 Å². The van der Waals surface area contributed by atoms with Gasteiger partial charge in [0.2, 0.25) is 0 Å². The Hall–Kier alpha value is 0.210. The van der Waals surface area contributed by atoms with Crippen LogP contribution in [0.5, 0.6) is 0 Å². The summed E-state index contributed by atoms with van der Waals surface area (Å²) in [6.07, 6.45) is 0.952. The Morgan fingerprint density at radius 3 is 2.67 bits per heavy atom. The molecule has 0 saturated carbocycles. The minimum absolute atomic E-state index is 0.202. The van der Waals surface area contributed by atoms with Gasteiger partial charge in [0.15, 0.2) is 0 Å². The number of rotatable bonds is 5. The predicted octanol–water partition coefficient (Wildman–Crippen LogP) is 0.586. The molecule has 0 spiro atoms. The SMILES string of the molecule is CC[C@@H](CO)NCCCl. The van der Waals surface area contributed by atoms with E-state index < -0.39 is 0 Å². The van der Waals surface area contributed by atoms with E-state index in [0.29, 0.717) is 5.88 Å². The second kappa shape index (κ2) is 6.33. The van der Waals surface area contributed by atoms with Gasteiger partial charge in [-0.05, 0) is 6.42 Å². The molecule has 0 aromatic rings. The minimum atomic E-state index is 0.202. The zero-order valence-corrected chi connectivity index (χ0v) is 6.49. The van der Waals surface area contributed by atoms with E-state index in [9.17, 15) is 0 Å². The van der Waals surface area contributed by atoms with Crippen LogP contribution >= 0.6 is 11.6 Å². The molecule has 0 fully saturated rings. The van der Waals surface area contributed by atoms with E-state index >= 15 is 0 Å². The van der Waals surface area contributed by atoms with Gasteiger partial charge < -0.3 is 10.4 Å². The first-order valence-corrected chi connectivity index (χ1v) is 3.78. The molecule has 0 radical (unpaired) electrons. The number of aliphatic hydroxyl groups excluding tert-OH is 1. The molecule has 0 unspecified atom stereocenters. The van der Waals surface area contributed by atoms with Crippen LogP contribution in [0.3, 0.4) is 0 Å². The molecule has 2 nitrogen and oxygen atoms in total. The highest BCUT2D eigenvalue weighted by molar-refractivity contribution is 6.18. The lowest BCUT2D eigenvalue weighted by atomic mass is 10.2. The molecular formula is C6H14ClNO. The Bertz CT molecular complexity index is 57.0. The average molecular weight is 152 g/mol. The Kier molecular flexibility index (Phi) is 6.48. The van der Waals surface area contributed by atoms with Crippen molar-refractivity contribution in [1.29, 1.82) is 0 Å². The highest BCUT2D eigenvalue weighted by Gasteiger charge is 1.99. The average Bonchev–Trinajstić information content (AvgIpc) is 1.91. The molecule has 0 aliphatic carbocycles. The van der Waals surface area contributed by atoms with Crippen molar-refractivity contribution >= 4 is 11.6 Å². The largest absolute Gasteiger partial charge is 0.395 e. The van der Waals surface area contributed by atoms with E-state index in [1.54, 1.807) is 0 Å². The topological polar surface area (TPSA) is 32.3 Å². The number of hydrogen-bond donors (Lipinski definition) is 2. The van der Waals surface area contributed by atoms with E-state index in [4.69, 9.17) is 16.7 Å². The van der Waals surface area contributed by atoms with Crippen LogP contribution in [0.25, 0.3) is 0 Å². The normalized spacial score (nSPS) is 13.7. The summed E-state index contributed by atoms with van der Waals surface area (Å²) >= 11 is 5.42. The van der Waals surface area contributed by atoms with Crippen molar-refractivity contribution in [1.82, 2.24) is 5.32 Å². The molecule has 0 rings (SSSR count). The number of nitrogens with one attached hydrogen (secondary N) is 1. The predicted molar refractivity (Wildman–Crippen MR) is 39.9 cm³/mol. The maximum absolute atomic E-state index is 8.65. The molecule has 3 heteroatoms. The summed E-state index contributed by atoms with van der Waals surface area (Å²) in [6.45, 7) is 3.01. The Balaban J connectivity index is 3.09. The van der Waals surface area contributed by atoms with Crippen LogP contribution in [0.4, 0.5) is 0 Å². The second-order valence-corrected chi connectivity index (χ2v) is 2.31. The smallest absolute Gasteiger partial charge is 0.0584 e. The van der Waals surface area contributed by atoms with Crippen molar-refractivity contribution in [2.24, 2.45) is 0 Å². The molecule has 9 heavy (non-hydrogen) atoms. The molecular weight excluding hydrogens is 138 g/mol. The maximum Gasteiger partial charge on any atom is 0.0584 e. The Morgan fingerprint density at radius 2 is 2.33 bits per heavy atom. The van der Waals surface area contributed by atoms with E-state index in [2.05, 4.69) is 5.32 Å². The van der Waals surface area contributed by atoms with Crippen molar-refractivity contribution in [3.63, 3.8) is 0 Å². The summed E-state index contributed by atoms with van der Waals surface area (Å²) in [5.74, 6) is 0.608. The third-order valence-electron chi connectivity index (χ3n) is 1.24. The van der Waals surface area contributed by atoms with Gasteiger partial charge in [-0.25, -0.2) is 0 Å². The summed E-state index contributed by atoms with van der Waals surface area (Å²) in [4.78, 5) is 0. The Morgan fingerprint density at radius 1 is 1.67 bits per heavy atom. The molecule has 0 heterocycles. The standard InChI is InChI=1S/C6H14ClNO/c1-2-6(5-9)8-4-3-7/h6,8-9H,2-5H2,1H3/t6-/m0/s1. The molecule has 1 atom stereocenters. The number of halogens is 1. The van der Waals surface area contributed by atoms with Crippen LogP contribution in [0.2, 0.25) is 0 Å². The number of alkyl halides is 1. The van der Waals surface area contributed by atoms with Crippen molar-refractivity contribution in [3.05, 3.63) is 0 Å². The van der Waals surface area contributed by atoms with Gasteiger partial charge in [0.1, 0.15) is 0 Å². The molecule has 0 saturated heterocycles. The second-order valence-electron chi connectivity index (χ2n) is 1.93. The third kappa shape index (κ3) is 4.70. The fraction of sp³-hybridized carbons (Fsp3) is 1.00. The maximum atomic E-state index is 8.65. The van der Waals surface area contributed by atoms with E-state index in [1.807, 2.05) is 6.92 Å². The number of hydrogen-bond acceptors (Lipinski definition) is 2. The molecule has 0 aromatic carbocycles. The third-order valence-corrected chi connectivity index (χ3v) is 1.43. The zero-order valence-electron chi connectivity index (χ0n) is 5.73. The molecule has 56 valence electrons. The number of aliphatic hydroxyl groups is 1. The van der Waals surface area contributed by atoms with Gasteiger partial charge in [0.05, 0.1) is 6.61 Å². The molecule has 0 aromatic heterocycles. The molecule has 2 N–H and O–H groups in total. The lowest BCUT2D eigenvalue weighted by Gasteiger charge is -2.11. The van der Waals surface area contributed by atoms with Gasteiger partial charge in [-0.2, -0.15) is 0 Å². The monoisotopic (exact) mass is 151 g/mol. The van der Waals surface area contributed by atoms with Gasteiger partial charge in [-0.3, -0.25) is 0 Å².